The first-order chi connectivity index (χ1) is 9.24. The van der Waals surface area contributed by atoms with E-state index in [1.165, 1.54) is 18.2 Å². The first kappa shape index (κ1) is 18.8. The summed E-state index contributed by atoms with van der Waals surface area (Å²) in [6.45, 7) is 9.87. The predicted octanol–water partition coefficient (Wildman–Crippen LogP) is 3.49. The minimum absolute atomic E-state index is 0.111. The van der Waals surface area contributed by atoms with Gasteiger partial charge in [-0.05, 0) is 30.9 Å². The van der Waals surface area contributed by atoms with Crippen LogP contribution in [0.25, 0.3) is 6.08 Å². The van der Waals surface area contributed by atoms with Crippen LogP contribution in [-0.4, -0.2) is 18.5 Å². The van der Waals surface area contributed by atoms with E-state index < -0.39 is 10.1 Å². The molecule has 0 saturated carbocycles. The first-order valence-corrected chi connectivity index (χ1v) is 8.16. The Kier molecular flexibility index (Phi) is 7.71. The average molecular weight is 299 g/mol. The van der Waals surface area contributed by atoms with Crippen LogP contribution < -0.4 is 5.73 Å². The van der Waals surface area contributed by atoms with Crippen molar-refractivity contribution in [2.45, 2.75) is 50.5 Å². The van der Waals surface area contributed by atoms with Gasteiger partial charge < -0.3 is 5.73 Å². The molecule has 0 bridgehead atoms. The molecular formula is C15H25NO3S. The minimum atomic E-state index is -4.12. The third-order valence-corrected chi connectivity index (χ3v) is 4.46. The summed E-state index contributed by atoms with van der Waals surface area (Å²) < 4.78 is 30.2. The highest BCUT2D eigenvalue weighted by atomic mass is 32.2. The number of nitrogens with two attached hydrogens (primary N) is 1. The summed E-state index contributed by atoms with van der Waals surface area (Å²) in [4.78, 5) is -0.111. The summed E-state index contributed by atoms with van der Waals surface area (Å²) in [7, 11) is -4.12. The molecule has 3 N–H and O–H groups in total. The summed E-state index contributed by atoms with van der Waals surface area (Å²) in [6.07, 6.45) is 4.67. The summed E-state index contributed by atoms with van der Waals surface area (Å²) in [5.41, 5.74) is 6.42. The zero-order valence-electron chi connectivity index (χ0n) is 12.5. The Morgan fingerprint density at radius 1 is 1.20 bits per heavy atom. The smallest absolute Gasteiger partial charge is 0.295 e. The molecule has 0 aliphatic heterocycles. The second-order valence-electron chi connectivity index (χ2n) is 4.64. The van der Waals surface area contributed by atoms with Gasteiger partial charge in [0.2, 0.25) is 0 Å². The SMILES string of the molecule is C=Cc1ccccc1S(=O)(=O)O.CCC(N)(CC)CC. The quantitative estimate of drug-likeness (QED) is 0.816. The molecule has 1 aromatic rings. The molecule has 0 saturated heterocycles. The van der Waals surface area contributed by atoms with Crippen LogP contribution in [0.3, 0.4) is 0 Å². The lowest BCUT2D eigenvalue weighted by Crippen LogP contribution is -2.37. The summed E-state index contributed by atoms with van der Waals surface area (Å²) >= 11 is 0. The fraction of sp³-hybridized carbons (Fsp3) is 0.467. The van der Waals surface area contributed by atoms with E-state index in [0.29, 0.717) is 5.56 Å². The van der Waals surface area contributed by atoms with Gasteiger partial charge >= 0.3 is 0 Å². The fourth-order valence-corrected chi connectivity index (χ4v) is 2.33. The maximum absolute atomic E-state index is 10.7. The van der Waals surface area contributed by atoms with Crippen molar-refractivity contribution in [3.63, 3.8) is 0 Å². The van der Waals surface area contributed by atoms with Crippen LogP contribution in [-0.2, 0) is 10.1 Å². The van der Waals surface area contributed by atoms with Gasteiger partial charge in [0.05, 0.1) is 0 Å². The number of rotatable bonds is 5. The highest BCUT2D eigenvalue weighted by molar-refractivity contribution is 7.85. The Morgan fingerprint density at radius 2 is 1.65 bits per heavy atom. The van der Waals surface area contributed by atoms with E-state index in [2.05, 4.69) is 27.4 Å². The molecule has 1 aromatic carbocycles. The molecule has 0 heterocycles. The summed E-state index contributed by atoms with van der Waals surface area (Å²) in [5, 5.41) is 0. The third kappa shape index (κ3) is 5.86. The van der Waals surface area contributed by atoms with E-state index in [-0.39, 0.29) is 10.4 Å². The zero-order valence-corrected chi connectivity index (χ0v) is 13.3. The van der Waals surface area contributed by atoms with Crippen molar-refractivity contribution >= 4 is 16.2 Å². The van der Waals surface area contributed by atoms with Gasteiger partial charge in [-0.1, -0.05) is 51.6 Å². The van der Waals surface area contributed by atoms with E-state index in [4.69, 9.17) is 10.3 Å². The van der Waals surface area contributed by atoms with Crippen LogP contribution in [0.1, 0.15) is 45.6 Å². The molecule has 114 valence electrons. The third-order valence-electron chi connectivity index (χ3n) is 3.53. The average Bonchev–Trinajstić information content (AvgIpc) is 2.46. The Bertz CT molecular complexity index is 511. The van der Waals surface area contributed by atoms with Crippen LogP contribution in [0.5, 0.6) is 0 Å². The maximum Gasteiger partial charge on any atom is 0.295 e. The second-order valence-corrected chi connectivity index (χ2v) is 6.03. The minimum Gasteiger partial charge on any atom is -0.325 e. The predicted molar refractivity (Wildman–Crippen MR) is 84.1 cm³/mol. The Labute approximate surface area is 122 Å². The largest absolute Gasteiger partial charge is 0.325 e. The highest BCUT2D eigenvalue weighted by Gasteiger charge is 2.15. The fourth-order valence-electron chi connectivity index (χ4n) is 1.63. The molecule has 0 amide bonds. The molecule has 5 heteroatoms. The van der Waals surface area contributed by atoms with E-state index >= 15 is 0 Å². The topological polar surface area (TPSA) is 80.4 Å². The lowest BCUT2D eigenvalue weighted by atomic mass is 9.92. The molecule has 0 spiro atoms. The van der Waals surface area contributed by atoms with Gasteiger partial charge in [-0.2, -0.15) is 8.42 Å². The maximum atomic E-state index is 10.7. The summed E-state index contributed by atoms with van der Waals surface area (Å²) in [5.74, 6) is 0. The highest BCUT2D eigenvalue weighted by Crippen LogP contribution is 2.15. The Hall–Kier alpha value is -1.17. The van der Waals surface area contributed by atoms with Crippen LogP contribution in [0.2, 0.25) is 0 Å². The van der Waals surface area contributed by atoms with E-state index in [1.807, 2.05) is 0 Å². The van der Waals surface area contributed by atoms with Crippen molar-refractivity contribution in [3.8, 4) is 0 Å². The van der Waals surface area contributed by atoms with Crippen LogP contribution in [0.15, 0.2) is 35.7 Å². The van der Waals surface area contributed by atoms with Crippen molar-refractivity contribution in [2.24, 2.45) is 5.73 Å². The van der Waals surface area contributed by atoms with Gasteiger partial charge in [-0.15, -0.1) is 0 Å². The molecule has 0 atom stereocenters. The van der Waals surface area contributed by atoms with Crippen molar-refractivity contribution in [1.29, 1.82) is 0 Å². The molecule has 20 heavy (non-hydrogen) atoms. The van der Waals surface area contributed by atoms with Gasteiger partial charge in [0.15, 0.2) is 0 Å². The Morgan fingerprint density at radius 3 is 1.90 bits per heavy atom. The number of benzene rings is 1. The van der Waals surface area contributed by atoms with Gasteiger partial charge in [-0.25, -0.2) is 0 Å². The number of hydrogen-bond acceptors (Lipinski definition) is 3. The van der Waals surface area contributed by atoms with E-state index in [1.54, 1.807) is 12.1 Å². The van der Waals surface area contributed by atoms with Gasteiger partial charge in [0.25, 0.3) is 10.1 Å². The standard InChI is InChI=1S/C8H8O3S.C7H17N/c1-2-7-5-3-4-6-8(7)12(9,10)11;1-4-7(8,5-2)6-3/h2-6H,1H2,(H,9,10,11);4-6,8H2,1-3H3. The lowest BCUT2D eigenvalue weighted by molar-refractivity contribution is 0.383. The van der Waals surface area contributed by atoms with Crippen molar-refractivity contribution in [1.82, 2.24) is 0 Å². The van der Waals surface area contributed by atoms with Crippen LogP contribution >= 0.6 is 0 Å². The summed E-state index contributed by atoms with van der Waals surface area (Å²) in [6, 6.07) is 6.10. The number of hydrogen-bond donors (Lipinski definition) is 2. The molecule has 0 aliphatic carbocycles. The second kappa shape index (κ2) is 8.19. The van der Waals surface area contributed by atoms with Gasteiger partial charge in [0, 0.05) is 5.54 Å². The molecule has 0 aromatic heterocycles. The molecular weight excluding hydrogens is 274 g/mol. The monoisotopic (exact) mass is 299 g/mol. The first-order valence-electron chi connectivity index (χ1n) is 6.71. The molecule has 4 nitrogen and oxygen atoms in total. The normalized spacial score (nSPS) is 11.4. The van der Waals surface area contributed by atoms with Crippen LogP contribution in [0, 0.1) is 0 Å². The van der Waals surface area contributed by atoms with Gasteiger partial charge in [-0.3, -0.25) is 4.55 Å². The van der Waals surface area contributed by atoms with Crippen molar-refractivity contribution in [3.05, 3.63) is 36.4 Å². The molecule has 0 fully saturated rings. The molecule has 0 radical (unpaired) electrons. The molecule has 0 aliphatic rings. The van der Waals surface area contributed by atoms with Crippen LogP contribution in [0.4, 0.5) is 0 Å². The van der Waals surface area contributed by atoms with Crippen molar-refractivity contribution in [2.75, 3.05) is 0 Å². The molecule has 1 rings (SSSR count). The van der Waals surface area contributed by atoms with Gasteiger partial charge in [0.1, 0.15) is 4.90 Å². The lowest BCUT2D eigenvalue weighted by Gasteiger charge is -2.23. The van der Waals surface area contributed by atoms with Crippen molar-refractivity contribution < 1.29 is 13.0 Å². The van der Waals surface area contributed by atoms with E-state index in [9.17, 15) is 8.42 Å². The molecule has 0 unspecified atom stereocenters. The zero-order chi connectivity index (χ0) is 15.8. The Balaban J connectivity index is 0.000000396. The van der Waals surface area contributed by atoms with E-state index in [0.717, 1.165) is 19.3 Å².